The zero-order chi connectivity index (χ0) is 17.1. The molecule has 2 fully saturated rings. The van der Waals surface area contributed by atoms with E-state index in [0.717, 1.165) is 0 Å². The van der Waals surface area contributed by atoms with Crippen LogP contribution in [0.2, 0.25) is 0 Å². The number of carboxylic acid groups (broad SMARTS) is 1. The summed E-state index contributed by atoms with van der Waals surface area (Å²) in [5.74, 6) is -0.414. The van der Waals surface area contributed by atoms with Crippen LogP contribution in [-0.4, -0.2) is 62.1 Å². The Hall–Kier alpha value is -2.59. The van der Waals surface area contributed by atoms with E-state index in [1.54, 1.807) is 6.07 Å². The van der Waals surface area contributed by atoms with Gasteiger partial charge < -0.3 is 14.9 Å². The molecular weight excluding hydrogens is 329 g/mol. The quantitative estimate of drug-likeness (QED) is 0.838. The average Bonchev–Trinajstić information content (AvgIpc) is 3.17. The summed E-state index contributed by atoms with van der Waals surface area (Å²) in [5.41, 5.74) is 0.0301. The smallest absolute Gasteiger partial charge is 0.453 e. The number of likely N-dealkylation sites (tertiary alicyclic amines) is 1. The summed E-state index contributed by atoms with van der Waals surface area (Å²) < 4.78 is 39.5. The molecule has 24 heavy (non-hydrogen) atoms. The number of rotatable bonds is 1. The number of nitrogens with zero attached hydrogens (tertiary/aromatic N) is 6. The highest BCUT2D eigenvalue weighted by molar-refractivity contribution is 5.65. The Labute approximate surface area is 133 Å². The minimum absolute atomic E-state index is 0.0301. The van der Waals surface area contributed by atoms with Gasteiger partial charge in [0.05, 0.1) is 0 Å². The minimum Gasteiger partial charge on any atom is -0.465 e. The first kappa shape index (κ1) is 15.0. The number of hydrogen-bond acceptors (Lipinski definition) is 5. The molecule has 2 aliphatic rings. The molecule has 128 valence electrons. The summed E-state index contributed by atoms with van der Waals surface area (Å²) in [4.78, 5) is 14.3. The van der Waals surface area contributed by atoms with Crippen LogP contribution in [0.1, 0.15) is 5.82 Å². The zero-order valence-corrected chi connectivity index (χ0v) is 12.3. The average molecular weight is 342 g/mol. The van der Waals surface area contributed by atoms with Gasteiger partial charge in [-0.1, -0.05) is 0 Å². The van der Waals surface area contributed by atoms with E-state index in [0.29, 0.717) is 36.5 Å². The van der Waals surface area contributed by atoms with Gasteiger partial charge in [-0.2, -0.15) is 17.7 Å². The molecule has 2 unspecified atom stereocenters. The molecule has 1 amide bonds. The standard InChI is InChI=1S/C13H13F3N6O2/c14-13(15,16)11-18-17-9-1-2-10(19-22(9)11)20-3-7-5-21(12(23)24)6-8(7)4-20/h1-2,7-8H,3-6H2,(H,23,24). The molecule has 0 saturated carbocycles. The fraction of sp³-hybridized carbons (Fsp3) is 0.538. The number of alkyl halides is 3. The maximum Gasteiger partial charge on any atom is 0.453 e. The summed E-state index contributed by atoms with van der Waals surface area (Å²) in [6.07, 6.45) is -5.57. The lowest BCUT2D eigenvalue weighted by Crippen LogP contribution is -2.32. The van der Waals surface area contributed by atoms with Crippen molar-refractivity contribution in [2.45, 2.75) is 6.18 Å². The second-order valence-electron chi connectivity index (χ2n) is 6.10. The molecule has 0 radical (unpaired) electrons. The lowest BCUT2D eigenvalue weighted by molar-refractivity contribution is -0.146. The highest BCUT2D eigenvalue weighted by atomic mass is 19.4. The molecule has 0 aliphatic carbocycles. The molecule has 1 N–H and O–H groups in total. The van der Waals surface area contributed by atoms with Crippen LogP contribution in [-0.2, 0) is 6.18 Å². The van der Waals surface area contributed by atoms with Crippen LogP contribution < -0.4 is 4.90 Å². The molecule has 4 rings (SSSR count). The molecule has 2 aliphatic heterocycles. The maximum absolute atomic E-state index is 12.9. The van der Waals surface area contributed by atoms with Crippen molar-refractivity contribution in [3.8, 4) is 0 Å². The van der Waals surface area contributed by atoms with Crippen molar-refractivity contribution in [3.05, 3.63) is 18.0 Å². The number of halogens is 3. The van der Waals surface area contributed by atoms with E-state index >= 15 is 0 Å². The monoisotopic (exact) mass is 342 g/mol. The first-order valence-electron chi connectivity index (χ1n) is 7.35. The van der Waals surface area contributed by atoms with Crippen LogP contribution in [0.25, 0.3) is 5.65 Å². The van der Waals surface area contributed by atoms with Crippen molar-refractivity contribution in [2.75, 3.05) is 31.1 Å². The Morgan fingerprint density at radius 2 is 1.79 bits per heavy atom. The highest BCUT2D eigenvalue weighted by Crippen LogP contribution is 2.34. The molecule has 11 heteroatoms. The topological polar surface area (TPSA) is 86.9 Å². The molecule has 2 aromatic heterocycles. The second kappa shape index (κ2) is 4.95. The van der Waals surface area contributed by atoms with Crippen molar-refractivity contribution < 1.29 is 23.1 Å². The van der Waals surface area contributed by atoms with Crippen molar-refractivity contribution in [1.82, 2.24) is 24.7 Å². The predicted octanol–water partition coefficient (Wildman–Crippen LogP) is 1.19. The Balaban J connectivity index is 1.59. The zero-order valence-electron chi connectivity index (χ0n) is 12.3. The molecular formula is C13H13F3N6O2. The van der Waals surface area contributed by atoms with Gasteiger partial charge >= 0.3 is 12.3 Å². The molecule has 0 aromatic carbocycles. The number of hydrogen-bond donors (Lipinski definition) is 1. The summed E-state index contributed by atoms with van der Waals surface area (Å²) in [7, 11) is 0. The van der Waals surface area contributed by atoms with E-state index in [4.69, 9.17) is 5.11 Å². The van der Waals surface area contributed by atoms with Gasteiger partial charge in [0, 0.05) is 38.0 Å². The molecule has 4 heterocycles. The van der Waals surface area contributed by atoms with E-state index in [9.17, 15) is 18.0 Å². The largest absolute Gasteiger partial charge is 0.465 e. The van der Waals surface area contributed by atoms with Crippen LogP contribution in [0, 0.1) is 11.8 Å². The van der Waals surface area contributed by atoms with Gasteiger partial charge in [0.1, 0.15) is 5.82 Å². The van der Waals surface area contributed by atoms with Crippen LogP contribution in [0.4, 0.5) is 23.8 Å². The third kappa shape index (κ3) is 2.31. The number of anilines is 1. The summed E-state index contributed by atoms with van der Waals surface area (Å²) in [6.45, 7) is 2.02. The maximum atomic E-state index is 12.9. The van der Waals surface area contributed by atoms with E-state index in [1.165, 1.54) is 11.0 Å². The van der Waals surface area contributed by atoms with Crippen molar-refractivity contribution in [3.63, 3.8) is 0 Å². The van der Waals surface area contributed by atoms with Crippen LogP contribution in [0.3, 0.4) is 0 Å². The molecule has 2 aromatic rings. The Kier molecular flexibility index (Phi) is 3.09. The van der Waals surface area contributed by atoms with Crippen molar-refractivity contribution >= 4 is 17.6 Å². The summed E-state index contributed by atoms with van der Waals surface area (Å²) in [6, 6.07) is 3.06. The van der Waals surface area contributed by atoms with Gasteiger partial charge in [-0.3, -0.25) is 0 Å². The van der Waals surface area contributed by atoms with E-state index in [-0.39, 0.29) is 17.5 Å². The Morgan fingerprint density at radius 1 is 1.12 bits per heavy atom. The predicted molar refractivity (Wildman–Crippen MR) is 74.6 cm³/mol. The molecule has 0 spiro atoms. The Bertz CT molecular complexity index is 793. The SMILES string of the molecule is O=C(O)N1CC2CN(c3ccc4nnc(C(F)(F)F)n4n3)CC2C1. The fourth-order valence-corrected chi connectivity index (χ4v) is 3.46. The second-order valence-corrected chi connectivity index (χ2v) is 6.10. The van der Waals surface area contributed by atoms with Crippen LogP contribution in [0.15, 0.2) is 12.1 Å². The normalized spacial score (nSPS) is 24.0. The van der Waals surface area contributed by atoms with Gasteiger partial charge in [0.2, 0.25) is 0 Å². The molecule has 8 nitrogen and oxygen atoms in total. The third-order valence-electron chi connectivity index (χ3n) is 4.58. The highest BCUT2D eigenvalue weighted by Gasteiger charge is 2.42. The molecule has 0 bridgehead atoms. The molecule has 2 atom stereocenters. The summed E-state index contributed by atoms with van der Waals surface area (Å²) >= 11 is 0. The van der Waals surface area contributed by atoms with E-state index in [1.807, 2.05) is 4.90 Å². The minimum atomic E-state index is -4.63. The molecule has 2 saturated heterocycles. The lowest BCUT2D eigenvalue weighted by Gasteiger charge is -2.20. The van der Waals surface area contributed by atoms with Gasteiger partial charge in [0.25, 0.3) is 5.82 Å². The van der Waals surface area contributed by atoms with Crippen LogP contribution in [0.5, 0.6) is 0 Å². The first-order chi connectivity index (χ1) is 11.3. The number of amides is 1. The Morgan fingerprint density at radius 3 is 2.38 bits per heavy atom. The number of fused-ring (bicyclic) bond motifs is 2. The van der Waals surface area contributed by atoms with E-state index in [2.05, 4.69) is 15.3 Å². The first-order valence-corrected chi connectivity index (χ1v) is 7.35. The fourth-order valence-electron chi connectivity index (χ4n) is 3.46. The van der Waals surface area contributed by atoms with Crippen molar-refractivity contribution in [2.24, 2.45) is 11.8 Å². The summed E-state index contributed by atoms with van der Waals surface area (Å²) in [5, 5.41) is 19.7. The lowest BCUT2D eigenvalue weighted by atomic mass is 10.0. The van der Waals surface area contributed by atoms with Gasteiger partial charge in [-0.15, -0.1) is 15.3 Å². The third-order valence-corrected chi connectivity index (χ3v) is 4.58. The number of aromatic nitrogens is 4. The van der Waals surface area contributed by atoms with Crippen LogP contribution >= 0.6 is 0 Å². The van der Waals surface area contributed by atoms with Gasteiger partial charge in [0.15, 0.2) is 5.65 Å². The van der Waals surface area contributed by atoms with E-state index < -0.39 is 18.1 Å². The van der Waals surface area contributed by atoms with Crippen molar-refractivity contribution in [1.29, 1.82) is 0 Å². The number of carbonyl (C=O) groups is 1. The van der Waals surface area contributed by atoms with Gasteiger partial charge in [-0.25, -0.2) is 4.79 Å². The van der Waals surface area contributed by atoms with Gasteiger partial charge in [-0.05, 0) is 12.1 Å².